The summed E-state index contributed by atoms with van der Waals surface area (Å²) < 4.78 is 13.7. The first-order valence-electron chi connectivity index (χ1n) is 12.4. The molecule has 6 aromatic rings. The van der Waals surface area contributed by atoms with Gasteiger partial charge in [0, 0.05) is 5.39 Å². The fourth-order valence-electron chi connectivity index (χ4n) is 4.35. The second-order valence-corrected chi connectivity index (χ2v) is 10.3. The van der Waals surface area contributed by atoms with Crippen LogP contribution in [0.25, 0.3) is 33.5 Å². The van der Waals surface area contributed by atoms with Crippen LogP contribution < -0.4 is 10.3 Å². The molecule has 0 aliphatic rings. The number of para-hydroxylation sites is 2. The van der Waals surface area contributed by atoms with Crippen molar-refractivity contribution in [2.75, 3.05) is 0 Å². The Bertz CT molecular complexity index is 1990. The van der Waals surface area contributed by atoms with Crippen LogP contribution in [-0.2, 0) is 6.61 Å². The SMILES string of the molecule is O=C(O)c1cccc(COc2c(Cl)cc(C=Nn3c(-c4cc5ccccc5o4)nc4ccccc4c3=O)cc2Br)c1. The Morgan fingerprint density at radius 2 is 1.85 bits per heavy atom. The zero-order valence-corrected chi connectivity index (χ0v) is 23.5. The lowest BCUT2D eigenvalue weighted by atomic mass is 10.1. The number of carboxylic acids is 1. The Labute approximate surface area is 246 Å². The van der Waals surface area contributed by atoms with Gasteiger partial charge in [-0.1, -0.05) is 54.1 Å². The van der Waals surface area contributed by atoms with Crippen molar-refractivity contribution in [3.63, 3.8) is 0 Å². The standard InChI is InChI=1S/C31H19BrClN3O5/c32-23-13-19(14-24(33)28(23)40-17-18-6-5-8-21(12-18)31(38)39)16-34-36-29(27-15-20-7-1-4-11-26(20)41-27)35-25-10-3-2-9-22(25)30(36)37/h1-16H,17H2,(H,38,39). The van der Waals surface area contributed by atoms with Crippen LogP contribution in [0.3, 0.4) is 0 Å². The van der Waals surface area contributed by atoms with Gasteiger partial charge >= 0.3 is 5.97 Å². The molecule has 0 aliphatic heterocycles. The number of aromatic nitrogens is 2. The van der Waals surface area contributed by atoms with E-state index in [0.29, 0.717) is 48.6 Å². The molecule has 0 aliphatic carbocycles. The zero-order chi connectivity index (χ0) is 28.5. The minimum atomic E-state index is -1.01. The van der Waals surface area contributed by atoms with Crippen LogP contribution in [0.2, 0.25) is 5.02 Å². The molecule has 0 spiro atoms. The Hall–Kier alpha value is -4.73. The smallest absolute Gasteiger partial charge is 0.335 e. The molecule has 0 unspecified atom stereocenters. The summed E-state index contributed by atoms with van der Waals surface area (Å²) in [6, 6.07) is 26.3. The van der Waals surface area contributed by atoms with Crippen LogP contribution in [0.5, 0.6) is 5.75 Å². The molecule has 0 saturated heterocycles. The molecule has 8 nitrogen and oxygen atoms in total. The van der Waals surface area contributed by atoms with Gasteiger partial charge in [-0.25, -0.2) is 9.78 Å². The number of halogens is 2. The van der Waals surface area contributed by atoms with E-state index in [4.69, 9.17) is 25.7 Å². The highest BCUT2D eigenvalue weighted by molar-refractivity contribution is 9.10. The lowest BCUT2D eigenvalue weighted by Gasteiger charge is -2.12. The molecule has 0 bridgehead atoms. The van der Waals surface area contributed by atoms with Crippen molar-refractivity contribution in [3.8, 4) is 17.3 Å². The van der Waals surface area contributed by atoms with Crippen molar-refractivity contribution in [2.45, 2.75) is 6.61 Å². The number of carbonyl (C=O) groups is 1. The normalized spacial score (nSPS) is 11.5. The average Bonchev–Trinajstić information content (AvgIpc) is 3.41. The third-order valence-electron chi connectivity index (χ3n) is 6.30. The molecule has 0 saturated carbocycles. The number of nitrogens with zero attached hydrogens (tertiary/aromatic N) is 3. The van der Waals surface area contributed by atoms with E-state index in [1.54, 1.807) is 48.5 Å². The van der Waals surface area contributed by atoms with Crippen molar-refractivity contribution in [1.82, 2.24) is 9.66 Å². The minimum absolute atomic E-state index is 0.117. The maximum Gasteiger partial charge on any atom is 0.335 e. The quantitative estimate of drug-likeness (QED) is 0.185. The highest BCUT2D eigenvalue weighted by Gasteiger charge is 2.17. The number of ether oxygens (including phenoxy) is 1. The first-order valence-corrected chi connectivity index (χ1v) is 13.5. The Kier molecular flexibility index (Phi) is 7.13. The Balaban J connectivity index is 1.34. The number of hydrogen-bond donors (Lipinski definition) is 1. The lowest BCUT2D eigenvalue weighted by molar-refractivity contribution is 0.0696. The van der Waals surface area contributed by atoms with E-state index in [1.807, 2.05) is 36.4 Å². The van der Waals surface area contributed by atoms with Gasteiger partial charge in [0.2, 0.25) is 5.82 Å². The Morgan fingerprint density at radius 1 is 1.05 bits per heavy atom. The van der Waals surface area contributed by atoms with E-state index in [9.17, 15) is 14.7 Å². The summed E-state index contributed by atoms with van der Waals surface area (Å²) in [5, 5.41) is 15.3. The molecule has 0 atom stereocenters. The van der Waals surface area contributed by atoms with Crippen molar-refractivity contribution in [1.29, 1.82) is 0 Å². The van der Waals surface area contributed by atoms with Gasteiger partial charge in [0.1, 0.15) is 12.2 Å². The molecule has 6 rings (SSSR count). The maximum absolute atomic E-state index is 13.5. The van der Waals surface area contributed by atoms with Crippen molar-refractivity contribution >= 4 is 61.6 Å². The number of furan rings is 1. The lowest BCUT2D eigenvalue weighted by Crippen LogP contribution is -2.20. The molecule has 2 heterocycles. The number of aromatic carboxylic acids is 1. The predicted octanol–water partition coefficient (Wildman–Crippen LogP) is 7.39. The fourth-order valence-corrected chi connectivity index (χ4v) is 5.34. The summed E-state index contributed by atoms with van der Waals surface area (Å²) in [5.41, 5.74) is 2.29. The molecule has 0 radical (unpaired) electrons. The maximum atomic E-state index is 13.5. The summed E-state index contributed by atoms with van der Waals surface area (Å²) in [5.74, 6) is 0.0342. The third kappa shape index (κ3) is 5.37. The summed E-state index contributed by atoms with van der Waals surface area (Å²) >= 11 is 10.0. The highest BCUT2D eigenvalue weighted by atomic mass is 79.9. The topological polar surface area (TPSA) is 107 Å². The number of fused-ring (bicyclic) bond motifs is 2. The van der Waals surface area contributed by atoms with Crippen molar-refractivity contribution in [2.24, 2.45) is 5.10 Å². The number of rotatable bonds is 7. The first kappa shape index (κ1) is 26.5. The molecule has 0 amide bonds. The van der Waals surface area contributed by atoms with Gasteiger partial charge in [-0.05, 0) is 75.6 Å². The van der Waals surface area contributed by atoms with Crippen LogP contribution in [0.15, 0.2) is 110 Å². The molecular formula is C31H19BrClN3O5. The monoisotopic (exact) mass is 627 g/mol. The fraction of sp³-hybridized carbons (Fsp3) is 0.0323. The Morgan fingerprint density at radius 3 is 2.66 bits per heavy atom. The summed E-state index contributed by atoms with van der Waals surface area (Å²) in [6.45, 7) is 0.117. The average molecular weight is 629 g/mol. The van der Waals surface area contributed by atoms with Gasteiger partial charge in [-0.2, -0.15) is 9.78 Å². The predicted molar refractivity (Wildman–Crippen MR) is 161 cm³/mol. The van der Waals surface area contributed by atoms with E-state index >= 15 is 0 Å². The van der Waals surface area contributed by atoms with E-state index in [2.05, 4.69) is 21.0 Å². The van der Waals surface area contributed by atoms with Crippen LogP contribution in [0.4, 0.5) is 0 Å². The third-order valence-corrected chi connectivity index (χ3v) is 7.17. The van der Waals surface area contributed by atoms with Crippen molar-refractivity contribution < 1.29 is 19.1 Å². The van der Waals surface area contributed by atoms with Gasteiger partial charge in [-0.15, -0.1) is 0 Å². The largest absolute Gasteiger partial charge is 0.486 e. The molecule has 10 heteroatoms. The molecule has 4 aromatic carbocycles. The van der Waals surface area contributed by atoms with Gasteiger partial charge < -0.3 is 14.3 Å². The van der Waals surface area contributed by atoms with E-state index < -0.39 is 5.97 Å². The summed E-state index contributed by atoms with van der Waals surface area (Å²) in [6.07, 6.45) is 1.50. The van der Waals surface area contributed by atoms with Crippen LogP contribution in [0, 0.1) is 0 Å². The molecule has 41 heavy (non-hydrogen) atoms. The summed E-state index contributed by atoms with van der Waals surface area (Å²) in [7, 11) is 0. The van der Waals surface area contributed by atoms with E-state index in [-0.39, 0.29) is 23.6 Å². The minimum Gasteiger partial charge on any atom is -0.486 e. The molecule has 0 fully saturated rings. The van der Waals surface area contributed by atoms with Gasteiger partial charge in [0.25, 0.3) is 5.56 Å². The van der Waals surface area contributed by atoms with Gasteiger partial charge in [0.05, 0.1) is 32.2 Å². The second-order valence-electron chi connectivity index (χ2n) is 9.07. The number of benzene rings is 4. The van der Waals surface area contributed by atoms with Gasteiger partial charge in [0.15, 0.2) is 11.5 Å². The number of hydrogen-bond acceptors (Lipinski definition) is 6. The number of carboxylic acid groups (broad SMARTS) is 1. The molecular weight excluding hydrogens is 610 g/mol. The van der Waals surface area contributed by atoms with Crippen LogP contribution in [-0.4, -0.2) is 27.0 Å². The first-order chi connectivity index (χ1) is 19.9. The van der Waals surface area contributed by atoms with Crippen LogP contribution >= 0.6 is 27.5 Å². The molecule has 1 N–H and O–H groups in total. The van der Waals surface area contributed by atoms with Crippen LogP contribution in [0.1, 0.15) is 21.5 Å². The second kappa shape index (κ2) is 11.0. The summed E-state index contributed by atoms with van der Waals surface area (Å²) in [4.78, 5) is 29.5. The highest BCUT2D eigenvalue weighted by Crippen LogP contribution is 2.35. The van der Waals surface area contributed by atoms with E-state index in [0.717, 1.165) is 5.39 Å². The molecule has 2 aromatic heterocycles. The van der Waals surface area contributed by atoms with E-state index in [1.165, 1.54) is 17.0 Å². The molecule has 202 valence electrons. The van der Waals surface area contributed by atoms with Gasteiger partial charge in [-0.3, -0.25) is 4.79 Å². The zero-order valence-electron chi connectivity index (χ0n) is 21.1. The van der Waals surface area contributed by atoms with Crippen molar-refractivity contribution in [3.05, 3.63) is 128 Å².